The summed E-state index contributed by atoms with van der Waals surface area (Å²) in [5.41, 5.74) is 0.0233. The molecule has 1 aromatic carbocycles. The predicted octanol–water partition coefficient (Wildman–Crippen LogP) is 3.42. The van der Waals surface area contributed by atoms with E-state index in [1.807, 2.05) is 30.3 Å². The zero-order valence-electron chi connectivity index (χ0n) is 13.6. The molecule has 0 fully saturated rings. The number of rotatable bonds is 9. The molecule has 0 spiro atoms. The largest absolute Gasteiger partial charge is 0.486 e. The Morgan fingerprint density at radius 3 is 2.80 bits per heavy atom. The molecule has 1 aliphatic heterocycles. The van der Waals surface area contributed by atoms with Crippen LogP contribution in [0.15, 0.2) is 45.9 Å². The molecule has 7 heteroatoms. The third kappa shape index (κ3) is 4.88. The number of hydrogen-bond donors (Lipinski definition) is 1. The topological polar surface area (TPSA) is 75.9 Å². The Hall–Kier alpha value is -2.72. The molecule has 6 nitrogen and oxygen atoms in total. The van der Waals surface area contributed by atoms with Gasteiger partial charge in [0.25, 0.3) is 5.91 Å². The van der Waals surface area contributed by atoms with E-state index in [0.29, 0.717) is 31.7 Å². The number of para-hydroxylation sites is 1. The molecular formula is C18H18N4O2S. The van der Waals surface area contributed by atoms with E-state index in [2.05, 4.69) is 26.4 Å². The van der Waals surface area contributed by atoms with Crippen molar-refractivity contribution in [2.75, 3.05) is 6.54 Å². The molecule has 0 atom stereocenters. The Balaban J connectivity index is 1.42. The average molecular weight is 354 g/mol. The third-order valence-corrected chi connectivity index (χ3v) is 4.58. The number of nitrogens with zero attached hydrogens (tertiary/aromatic N) is 3. The van der Waals surface area contributed by atoms with Crippen LogP contribution in [0.3, 0.4) is 0 Å². The normalized spacial score (nSPS) is 13.9. The number of ether oxygens (including phenoxy) is 1. The summed E-state index contributed by atoms with van der Waals surface area (Å²) < 4.78 is 5.63. The summed E-state index contributed by atoms with van der Waals surface area (Å²) in [5, 5.41) is 13.4. The highest BCUT2D eigenvalue weighted by molar-refractivity contribution is 7.09. The summed E-state index contributed by atoms with van der Waals surface area (Å²) >= 11 is 1.40. The third-order valence-electron chi connectivity index (χ3n) is 3.75. The van der Waals surface area contributed by atoms with Gasteiger partial charge in [0.15, 0.2) is 5.66 Å². The van der Waals surface area contributed by atoms with Crippen molar-refractivity contribution < 1.29 is 9.53 Å². The lowest BCUT2D eigenvalue weighted by Gasteiger charge is -2.09. The predicted molar refractivity (Wildman–Crippen MR) is 95.5 cm³/mol. The minimum atomic E-state index is -0.379. The molecular weight excluding hydrogens is 336 g/mol. The molecule has 0 saturated carbocycles. The molecule has 2 heterocycles. The molecule has 3 rings (SSSR count). The molecule has 1 aromatic heterocycles. The highest BCUT2D eigenvalue weighted by Gasteiger charge is 2.38. The van der Waals surface area contributed by atoms with Crippen LogP contribution in [0.4, 0.5) is 0 Å². The smallest absolute Gasteiger partial charge is 0.270 e. The van der Waals surface area contributed by atoms with Crippen molar-refractivity contribution in [3.05, 3.63) is 46.4 Å². The van der Waals surface area contributed by atoms with Crippen LogP contribution in [0, 0.1) is 12.3 Å². The minimum absolute atomic E-state index is 0.199. The summed E-state index contributed by atoms with van der Waals surface area (Å²) in [6.45, 7) is 0.832. The van der Waals surface area contributed by atoms with Gasteiger partial charge in [-0.15, -0.1) is 23.7 Å². The van der Waals surface area contributed by atoms with E-state index in [1.165, 1.54) is 11.3 Å². The van der Waals surface area contributed by atoms with Crippen LogP contribution in [-0.2, 0) is 6.61 Å². The van der Waals surface area contributed by atoms with E-state index in [-0.39, 0.29) is 11.6 Å². The fraction of sp³-hybridized carbons (Fsp3) is 0.333. The molecule has 0 aliphatic carbocycles. The van der Waals surface area contributed by atoms with Gasteiger partial charge in [-0.3, -0.25) is 4.79 Å². The first-order valence-corrected chi connectivity index (χ1v) is 8.87. The van der Waals surface area contributed by atoms with Crippen LogP contribution in [-0.4, -0.2) is 23.1 Å². The second kappa shape index (κ2) is 7.90. The highest BCUT2D eigenvalue weighted by Crippen LogP contribution is 2.36. The van der Waals surface area contributed by atoms with E-state index < -0.39 is 0 Å². The van der Waals surface area contributed by atoms with Gasteiger partial charge in [0, 0.05) is 31.2 Å². The molecule has 25 heavy (non-hydrogen) atoms. The monoisotopic (exact) mass is 354 g/mol. The first kappa shape index (κ1) is 17.1. The lowest BCUT2D eigenvalue weighted by Crippen LogP contribution is -2.28. The second-order valence-corrected chi connectivity index (χ2v) is 6.56. The van der Waals surface area contributed by atoms with Gasteiger partial charge < -0.3 is 10.1 Å². The van der Waals surface area contributed by atoms with Gasteiger partial charge in [-0.2, -0.15) is 10.2 Å². The Bertz CT molecular complexity index is 789. The van der Waals surface area contributed by atoms with Crippen LogP contribution in [0.1, 0.15) is 34.8 Å². The Morgan fingerprint density at radius 1 is 1.28 bits per heavy atom. The standard InChI is InChI=1S/C18H18N4O2S/c1-2-3-9-18(21-22-18)10-11-19-17(23)15-13-25-16(20-15)12-24-14-7-5-4-6-8-14/h1,4-8,13H,3,9-12H2,(H,19,23). The highest BCUT2D eigenvalue weighted by atomic mass is 32.1. The van der Waals surface area contributed by atoms with E-state index in [4.69, 9.17) is 11.2 Å². The van der Waals surface area contributed by atoms with Crippen LogP contribution < -0.4 is 10.1 Å². The van der Waals surface area contributed by atoms with Crippen molar-refractivity contribution in [1.29, 1.82) is 0 Å². The number of carbonyl (C=O) groups excluding carboxylic acids is 1. The first-order chi connectivity index (χ1) is 12.2. The summed E-state index contributed by atoms with van der Waals surface area (Å²) in [6.07, 6.45) is 7.29. The van der Waals surface area contributed by atoms with Crippen LogP contribution in [0.25, 0.3) is 0 Å². The number of nitrogens with one attached hydrogen (secondary N) is 1. The van der Waals surface area contributed by atoms with Crippen molar-refractivity contribution in [1.82, 2.24) is 10.3 Å². The summed E-state index contributed by atoms with van der Waals surface area (Å²) in [6, 6.07) is 9.50. The lowest BCUT2D eigenvalue weighted by molar-refractivity contribution is 0.0947. The number of carbonyl (C=O) groups is 1. The maximum atomic E-state index is 12.2. The van der Waals surface area contributed by atoms with Crippen molar-refractivity contribution in [2.45, 2.75) is 31.5 Å². The fourth-order valence-corrected chi connectivity index (χ4v) is 2.96. The number of benzene rings is 1. The van der Waals surface area contributed by atoms with Gasteiger partial charge in [0.1, 0.15) is 23.1 Å². The number of amides is 1. The Labute approximate surface area is 150 Å². The van der Waals surface area contributed by atoms with Crippen molar-refractivity contribution in [2.24, 2.45) is 10.2 Å². The lowest BCUT2D eigenvalue weighted by atomic mass is 10.0. The summed E-state index contributed by atoms with van der Waals surface area (Å²) in [5.74, 6) is 3.16. The zero-order valence-corrected chi connectivity index (χ0v) is 14.5. The number of thiazole rings is 1. The van der Waals surface area contributed by atoms with Crippen molar-refractivity contribution in [3.63, 3.8) is 0 Å². The van der Waals surface area contributed by atoms with Gasteiger partial charge in [0.2, 0.25) is 0 Å². The van der Waals surface area contributed by atoms with Crippen LogP contribution >= 0.6 is 11.3 Å². The quantitative estimate of drug-likeness (QED) is 0.701. The van der Waals surface area contributed by atoms with Gasteiger partial charge in [-0.25, -0.2) is 4.98 Å². The molecule has 1 amide bonds. The van der Waals surface area contributed by atoms with Crippen LogP contribution in [0.2, 0.25) is 0 Å². The minimum Gasteiger partial charge on any atom is -0.486 e. The van der Waals surface area contributed by atoms with E-state index >= 15 is 0 Å². The molecule has 1 aliphatic rings. The second-order valence-electron chi connectivity index (χ2n) is 5.62. The zero-order chi connectivity index (χ0) is 17.5. The molecule has 2 aromatic rings. The van der Waals surface area contributed by atoms with Gasteiger partial charge in [0.05, 0.1) is 0 Å². The maximum Gasteiger partial charge on any atom is 0.270 e. The first-order valence-electron chi connectivity index (χ1n) is 7.99. The summed E-state index contributed by atoms with van der Waals surface area (Å²) in [7, 11) is 0. The van der Waals surface area contributed by atoms with Crippen molar-refractivity contribution in [3.8, 4) is 18.1 Å². The number of hydrogen-bond acceptors (Lipinski definition) is 6. The number of aromatic nitrogens is 1. The maximum absolute atomic E-state index is 12.2. The van der Waals surface area contributed by atoms with Crippen molar-refractivity contribution >= 4 is 17.2 Å². The molecule has 0 saturated heterocycles. The van der Waals surface area contributed by atoms with Gasteiger partial charge in [-0.05, 0) is 12.1 Å². The molecule has 1 N–H and O–H groups in total. The fourth-order valence-electron chi connectivity index (χ4n) is 2.28. The van der Waals surface area contributed by atoms with Gasteiger partial charge in [-0.1, -0.05) is 18.2 Å². The number of terminal acetylenes is 1. The van der Waals surface area contributed by atoms with Crippen LogP contribution in [0.5, 0.6) is 5.75 Å². The van der Waals surface area contributed by atoms with Gasteiger partial charge >= 0.3 is 0 Å². The molecule has 0 radical (unpaired) electrons. The summed E-state index contributed by atoms with van der Waals surface area (Å²) in [4.78, 5) is 16.5. The SMILES string of the molecule is C#CCCC1(CCNC(=O)c2csc(COc3ccccc3)n2)N=N1. The van der Waals surface area contributed by atoms with E-state index in [0.717, 1.165) is 17.2 Å². The Kier molecular flexibility index (Phi) is 5.41. The van der Waals surface area contributed by atoms with E-state index in [1.54, 1.807) is 5.38 Å². The van der Waals surface area contributed by atoms with E-state index in [9.17, 15) is 4.79 Å². The average Bonchev–Trinajstić information content (AvgIpc) is 3.24. The molecule has 0 unspecified atom stereocenters. The molecule has 0 bridgehead atoms. The Morgan fingerprint density at radius 2 is 2.08 bits per heavy atom. The molecule has 128 valence electrons.